The highest BCUT2D eigenvalue weighted by Gasteiger charge is 2.13. The maximum absolute atomic E-state index is 12.1. The quantitative estimate of drug-likeness (QED) is 0.327. The number of anilines is 5. The Hall–Kier alpha value is -3.72. The van der Waals surface area contributed by atoms with Gasteiger partial charge in [0.25, 0.3) is 0 Å². The minimum atomic E-state index is -0.343. The Morgan fingerprint density at radius 2 is 1.81 bits per heavy atom. The number of nitrogens with one attached hydrogen (secondary N) is 2. The van der Waals surface area contributed by atoms with Gasteiger partial charge >= 0.3 is 5.97 Å². The van der Waals surface area contributed by atoms with E-state index in [-0.39, 0.29) is 11.9 Å². The van der Waals surface area contributed by atoms with Crippen LogP contribution in [0.4, 0.5) is 28.1 Å². The number of carbonyl (C=O) groups is 1. The molecule has 0 spiro atoms. The molecule has 2 aromatic heterocycles. The van der Waals surface area contributed by atoms with Crippen LogP contribution in [0, 0.1) is 12.8 Å². The normalized spacial score (nSPS) is 11.0. The lowest BCUT2D eigenvalue weighted by molar-refractivity contribution is 0.0459. The van der Waals surface area contributed by atoms with Gasteiger partial charge in [0.2, 0.25) is 0 Å². The van der Waals surface area contributed by atoms with E-state index >= 15 is 0 Å². The molecule has 164 valence electrons. The highest BCUT2D eigenvalue weighted by molar-refractivity contribution is 7.22. The van der Waals surface area contributed by atoms with Gasteiger partial charge in [-0.25, -0.2) is 19.7 Å². The number of nitrogens with zero attached hydrogens (tertiary/aromatic N) is 3. The van der Waals surface area contributed by atoms with Crippen LogP contribution in [-0.2, 0) is 4.74 Å². The Morgan fingerprint density at radius 3 is 2.50 bits per heavy atom. The number of aryl methyl sites for hydroxylation is 1. The molecule has 0 amide bonds. The molecule has 0 radical (unpaired) electrons. The van der Waals surface area contributed by atoms with E-state index < -0.39 is 0 Å². The summed E-state index contributed by atoms with van der Waals surface area (Å²) >= 11 is 1.53. The van der Waals surface area contributed by atoms with Crippen LogP contribution in [0.1, 0.15) is 29.8 Å². The minimum Gasteiger partial charge on any atom is -0.462 e. The molecule has 2 heterocycles. The van der Waals surface area contributed by atoms with Gasteiger partial charge in [0.1, 0.15) is 12.0 Å². The lowest BCUT2D eigenvalue weighted by Crippen LogP contribution is -2.10. The summed E-state index contributed by atoms with van der Waals surface area (Å²) in [5.41, 5.74) is 9.96. The predicted molar refractivity (Wildman–Crippen MR) is 129 cm³/mol. The molecular formula is C23H24N6O2S. The second-order valence-electron chi connectivity index (χ2n) is 7.74. The molecule has 0 aliphatic heterocycles. The molecule has 8 nitrogen and oxygen atoms in total. The second kappa shape index (κ2) is 9.19. The van der Waals surface area contributed by atoms with E-state index in [0.717, 1.165) is 21.5 Å². The topological polar surface area (TPSA) is 115 Å². The van der Waals surface area contributed by atoms with E-state index in [4.69, 9.17) is 10.5 Å². The number of rotatable bonds is 7. The summed E-state index contributed by atoms with van der Waals surface area (Å²) in [4.78, 5) is 25.2. The average Bonchev–Trinajstić information content (AvgIpc) is 3.19. The zero-order chi connectivity index (χ0) is 22.7. The van der Waals surface area contributed by atoms with Crippen molar-refractivity contribution in [3.05, 3.63) is 59.9 Å². The Kier molecular flexibility index (Phi) is 6.18. The zero-order valence-electron chi connectivity index (χ0n) is 18.0. The van der Waals surface area contributed by atoms with Gasteiger partial charge in [0.05, 0.1) is 22.4 Å². The van der Waals surface area contributed by atoms with Crippen molar-refractivity contribution in [2.45, 2.75) is 20.8 Å². The van der Waals surface area contributed by atoms with E-state index in [9.17, 15) is 4.79 Å². The molecule has 0 atom stereocenters. The first-order valence-corrected chi connectivity index (χ1v) is 11.0. The number of para-hydroxylation sites is 1. The molecule has 0 unspecified atom stereocenters. The largest absolute Gasteiger partial charge is 0.462 e. The van der Waals surface area contributed by atoms with E-state index in [2.05, 4.69) is 25.6 Å². The van der Waals surface area contributed by atoms with Gasteiger partial charge in [-0.15, -0.1) is 0 Å². The smallest absolute Gasteiger partial charge is 0.338 e. The fraction of sp³-hybridized carbons (Fsp3) is 0.217. The van der Waals surface area contributed by atoms with Crippen LogP contribution in [0.3, 0.4) is 0 Å². The molecule has 4 rings (SSSR count). The fourth-order valence-corrected chi connectivity index (χ4v) is 3.93. The number of ether oxygens (including phenoxy) is 1. The van der Waals surface area contributed by atoms with Crippen LogP contribution in [0.2, 0.25) is 0 Å². The van der Waals surface area contributed by atoms with Gasteiger partial charge in [0.15, 0.2) is 16.8 Å². The van der Waals surface area contributed by atoms with E-state index in [1.807, 2.05) is 39.0 Å². The number of aromatic nitrogens is 3. The maximum atomic E-state index is 12.1. The number of thiazole rings is 1. The SMILES string of the molecule is Cc1cccc2sc(Nc3ncnc(Nc4ccc(C(=O)OCC(C)C)cc4)c3N)nc12. The Bertz CT molecular complexity index is 1250. The Labute approximate surface area is 189 Å². The van der Waals surface area contributed by atoms with E-state index in [1.165, 1.54) is 17.7 Å². The molecule has 0 fully saturated rings. The number of hydrogen-bond donors (Lipinski definition) is 3. The number of nitrogen functional groups attached to an aromatic ring is 1. The standard InChI is InChI=1S/C23H24N6O2S/c1-13(2)11-31-22(30)15-7-9-16(10-8-15)27-20-18(24)21(26-12-25-20)29-23-28-19-14(3)5-4-6-17(19)32-23/h4-10,12-13H,11,24H2,1-3H3,(H2,25,26,27,28,29). The van der Waals surface area contributed by atoms with Gasteiger partial charge in [-0.2, -0.15) is 0 Å². The van der Waals surface area contributed by atoms with Crippen LogP contribution < -0.4 is 16.4 Å². The second-order valence-corrected chi connectivity index (χ2v) is 8.78. The number of nitrogens with two attached hydrogens (primary N) is 1. The van der Waals surface area contributed by atoms with Crippen molar-refractivity contribution in [3.8, 4) is 0 Å². The first kappa shape index (κ1) is 21.5. The van der Waals surface area contributed by atoms with Gasteiger partial charge in [-0.05, 0) is 48.7 Å². The van der Waals surface area contributed by atoms with Gasteiger partial charge in [0, 0.05) is 5.69 Å². The molecule has 0 aliphatic carbocycles. The van der Waals surface area contributed by atoms with Crippen LogP contribution in [-0.4, -0.2) is 27.5 Å². The van der Waals surface area contributed by atoms with Crippen molar-refractivity contribution in [1.29, 1.82) is 0 Å². The van der Waals surface area contributed by atoms with Crippen LogP contribution in [0.25, 0.3) is 10.2 Å². The molecule has 0 aliphatic rings. The number of hydrogen-bond acceptors (Lipinski definition) is 9. The van der Waals surface area contributed by atoms with Crippen molar-refractivity contribution in [2.24, 2.45) is 5.92 Å². The maximum Gasteiger partial charge on any atom is 0.338 e. The van der Waals surface area contributed by atoms with E-state index in [1.54, 1.807) is 24.3 Å². The summed E-state index contributed by atoms with van der Waals surface area (Å²) < 4.78 is 6.34. The summed E-state index contributed by atoms with van der Waals surface area (Å²) in [6, 6.07) is 13.0. The first-order valence-electron chi connectivity index (χ1n) is 10.2. The number of fused-ring (bicyclic) bond motifs is 1. The lowest BCUT2D eigenvalue weighted by atomic mass is 10.2. The van der Waals surface area contributed by atoms with Gasteiger partial charge in [-0.1, -0.05) is 37.3 Å². The molecule has 9 heteroatoms. The highest BCUT2D eigenvalue weighted by Crippen LogP contribution is 2.33. The van der Waals surface area contributed by atoms with Crippen LogP contribution in [0.5, 0.6) is 0 Å². The van der Waals surface area contributed by atoms with Crippen molar-refractivity contribution >= 4 is 55.7 Å². The minimum absolute atomic E-state index is 0.287. The Morgan fingerprint density at radius 1 is 1.09 bits per heavy atom. The summed E-state index contributed by atoms with van der Waals surface area (Å²) in [5, 5.41) is 7.06. The number of carbonyl (C=O) groups excluding carboxylic acids is 1. The van der Waals surface area contributed by atoms with Crippen molar-refractivity contribution in [2.75, 3.05) is 23.0 Å². The van der Waals surface area contributed by atoms with Gasteiger partial charge in [-0.3, -0.25) is 0 Å². The zero-order valence-corrected chi connectivity index (χ0v) is 18.9. The van der Waals surface area contributed by atoms with Crippen molar-refractivity contribution in [3.63, 3.8) is 0 Å². The summed E-state index contributed by atoms with van der Waals surface area (Å²) in [7, 11) is 0. The molecule has 0 bridgehead atoms. The summed E-state index contributed by atoms with van der Waals surface area (Å²) in [6.45, 7) is 6.41. The molecule has 4 aromatic rings. The average molecular weight is 449 g/mol. The first-order chi connectivity index (χ1) is 15.4. The lowest BCUT2D eigenvalue weighted by Gasteiger charge is -2.12. The number of esters is 1. The Balaban J connectivity index is 1.48. The molecule has 0 saturated carbocycles. The molecule has 32 heavy (non-hydrogen) atoms. The monoisotopic (exact) mass is 448 g/mol. The molecular weight excluding hydrogens is 424 g/mol. The number of benzene rings is 2. The van der Waals surface area contributed by atoms with Gasteiger partial charge < -0.3 is 21.1 Å². The highest BCUT2D eigenvalue weighted by atomic mass is 32.1. The van der Waals surface area contributed by atoms with Crippen molar-refractivity contribution < 1.29 is 9.53 Å². The summed E-state index contributed by atoms with van der Waals surface area (Å²) in [6.07, 6.45) is 1.43. The fourth-order valence-electron chi connectivity index (χ4n) is 2.99. The van der Waals surface area contributed by atoms with E-state index in [0.29, 0.717) is 34.6 Å². The third-order valence-electron chi connectivity index (χ3n) is 4.66. The molecule has 2 aromatic carbocycles. The molecule has 0 saturated heterocycles. The third kappa shape index (κ3) is 4.78. The third-order valence-corrected chi connectivity index (χ3v) is 5.60. The van der Waals surface area contributed by atoms with Crippen LogP contribution >= 0.6 is 11.3 Å². The summed E-state index contributed by atoms with van der Waals surface area (Å²) in [5.74, 6) is 0.864. The predicted octanol–water partition coefficient (Wildman–Crippen LogP) is 5.28. The van der Waals surface area contributed by atoms with Crippen molar-refractivity contribution in [1.82, 2.24) is 15.0 Å². The van der Waals surface area contributed by atoms with Crippen LogP contribution in [0.15, 0.2) is 48.8 Å². The molecule has 4 N–H and O–H groups in total.